The summed E-state index contributed by atoms with van der Waals surface area (Å²) in [4.78, 5) is 2.50. The van der Waals surface area contributed by atoms with Gasteiger partial charge >= 0.3 is 0 Å². The van der Waals surface area contributed by atoms with E-state index in [2.05, 4.69) is 35.3 Å². The summed E-state index contributed by atoms with van der Waals surface area (Å²) in [6.45, 7) is 7.70. The van der Waals surface area contributed by atoms with Gasteiger partial charge in [-0.05, 0) is 24.1 Å². The van der Waals surface area contributed by atoms with E-state index in [9.17, 15) is 0 Å². The average molecular weight is 232 g/mol. The highest BCUT2D eigenvalue weighted by Gasteiger charge is 2.25. The van der Waals surface area contributed by atoms with Crippen LogP contribution >= 0.6 is 0 Å². The van der Waals surface area contributed by atoms with Gasteiger partial charge in [-0.3, -0.25) is 4.90 Å². The number of nitrogens with zero attached hydrogens (tertiary/aromatic N) is 1. The van der Waals surface area contributed by atoms with E-state index >= 15 is 0 Å². The Bertz CT molecular complexity index is 399. The lowest BCUT2D eigenvalue weighted by atomic mass is 10.1. The van der Waals surface area contributed by atoms with Crippen LogP contribution in [0.25, 0.3) is 0 Å². The van der Waals surface area contributed by atoms with Crippen molar-refractivity contribution in [3.8, 4) is 5.75 Å². The molecule has 2 heterocycles. The summed E-state index contributed by atoms with van der Waals surface area (Å²) in [5, 5.41) is 3.38. The molecule has 1 unspecified atom stereocenters. The highest BCUT2D eigenvalue weighted by molar-refractivity contribution is 5.40. The van der Waals surface area contributed by atoms with E-state index in [-0.39, 0.29) is 0 Å². The Balaban J connectivity index is 1.61. The molecule has 0 bridgehead atoms. The zero-order valence-electron chi connectivity index (χ0n) is 10.4. The van der Waals surface area contributed by atoms with Crippen LogP contribution in [-0.4, -0.2) is 43.7 Å². The SMILES string of the molecule is Cc1ccc2c(c1)OC(CN1CCNCC1)C2. The molecule has 0 amide bonds. The minimum atomic E-state index is 0.352. The lowest BCUT2D eigenvalue weighted by Gasteiger charge is -2.29. The Kier molecular flexibility index (Phi) is 3.04. The van der Waals surface area contributed by atoms with Crippen molar-refractivity contribution >= 4 is 0 Å². The lowest BCUT2D eigenvalue weighted by Crippen LogP contribution is -2.47. The normalized spacial score (nSPS) is 24.4. The van der Waals surface area contributed by atoms with Gasteiger partial charge in [-0.2, -0.15) is 0 Å². The van der Waals surface area contributed by atoms with E-state index in [4.69, 9.17) is 4.74 Å². The third-order valence-electron chi connectivity index (χ3n) is 3.64. The minimum Gasteiger partial charge on any atom is -0.488 e. The average Bonchev–Trinajstić information content (AvgIpc) is 2.71. The summed E-state index contributed by atoms with van der Waals surface area (Å²) in [5.74, 6) is 1.10. The molecule has 0 aliphatic carbocycles. The molecule has 3 rings (SSSR count). The molecule has 17 heavy (non-hydrogen) atoms. The minimum absolute atomic E-state index is 0.352. The fourth-order valence-electron chi connectivity index (χ4n) is 2.69. The maximum atomic E-state index is 6.03. The number of piperazine rings is 1. The third-order valence-corrected chi connectivity index (χ3v) is 3.64. The quantitative estimate of drug-likeness (QED) is 0.829. The maximum absolute atomic E-state index is 6.03. The van der Waals surface area contributed by atoms with Gasteiger partial charge in [0.1, 0.15) is 11.9 Å². The van der Waals surface area contributed by atoms with E-state index < -0.39 is 0 Å². The zero-order chi connectivity index (χ0) is 11.7. The van der Waals surface area contributed by atoms with E-state index in [1.165, 1.54) is 11.1 Å². The van der Waals surface area contributed by atoms with E-state index in [1.807, 2.05) is 0 Å². The number of fused-ring (bicyclic) bond motifs is 1. The number of aryl methyl sites for hydroxylation is 1. The highest BCUT2D eigenvalue weighted by atomic mass is 16.5. The van der Waals surface area contributed by atoms with Gasteiger partial charge in [0.05, 0.1) is 0 Å². The molecule has 0 spiro atoms. The first kappa shape index (κ1) is 11.1. The molecule has 0 radical (unpaired) electrons. The molecule has 2 aliphatic heterocycles. The van der Waals surface area contributed by atoms with Gasteiger partial charge < -0.3 is 10.1 Å². The predicted octanol–water partition coefficient (Wildman–Crippen LogP) is 1.20. The Morgan fingerprint density at radius 3 is 3.00 bits per heavy atom. The number of hydrogen-bond acceptors (Lipinski definition) is 3. The first-order valence-corrected chi connectivity index (χ1v) is 6.50. The van der Waals surface area contributed by atoms with Crippen LogP contribution in [-0.2, 0) is 6.42 Å². The molecule has 3 nitrogen and oxygen atoms in total. The predicted molar refractivity (Wildman–Crippen MR) is 68.6 cm³/mol. The van der Waals surface area contributed by atoms with Gasteiger partial charge in [-0.25, -0.2) is 0 Å². The molecule has 1 saturated heterocycles. The van der Waals surface area contributed by atoms with Crippen LogP contribution in [0.4, 0.5) is 0 Å². The molecule has 1 fully saturated rings. The van der Waals surface area contributed by atoms with Gasteiger partial charge in [0, 0.05) is 39.1 Å². The first-order chi connectivity index (χ1) is 8.31. The Morgan fingerprint density at radius 2 is 2.18 bits per heavy atom. The van der Waals surface area contributed by atoms with Crippen LogP contribution in [0, 0.1) is 6.92 Å². The summed E-state index contributed by atoms with van der Waals surface area (Å²) < 4.78 is 6.03. The number of rotatable bonds is 2. The molecule has 0 saturated carbocycles. The number of hydrogen-bond donors (Lipinski definition) is 1. The summed E-state index contributed by atoms with van der Waals surface area (Å²) in [7, 11) is 0. The zero-order valence-corrected chi connectivity index (χ0v) is 10.4. The van der Waals surface area contributed by atoms with Gasteiger partial charge in [0.25, 0.3) is 0 Å². The largest absolute Gasteiger partial charge is 0.488 e. The molecule has 2 aliphatic rings. The number of benzene rings is 1. The van der Waals surface area contributed by atoms with Gasteiger partial charge in [-0.1, -0.05) is 12.1 Å². The first-order valence-electron chi connectivity index (χ1n) is 6.50. The third kappa shape index (κ3) is 2.45. The van der Waals surface area contributed by atoms with E-state index in [1.54, 1.807) is 0 Å². The van der Waals surface area contributed by atoms with Crippen molar-refractivity contribution in [2.24, 2.45) is 0 Å². The molecule has 1 atom stereocenters. The summed E-state index contributed by atoms with van der Waals surface area (Å²) in [5.41, 5.74) is 2.65. The van der Waals surface area contributed by atoms with Crippen LogP contribution in [0.3, 0.4) is 0 Å². The summed E-state index contributed by atoms with van der Waals surface area (Å²) in [6, 6.07) is 6.55. The van der Waals surface area contributed by atoms with Crippen molar-refractivity contribution in [3.05, 3.63) is 29.3 Å². The summed E-state index contributed by atoms with van der Waals surface area (Å²) in [6.07, 6.45) is 1.42. The number of ether oxygens (including phenoxy) is 1. The second kappa shape index (κ2) is 4.67. The van der Waals surface area contributed by atoms with Crippen LogP contribution in [0.2, 0.25) is 0 Å². The highest BCUT2D eigenvalue weighted by Crippen LogP contribution is 2.29. The topological polar surface area (TPSA) is 24.5 Å². The van der Waals surface area contributed by atoms with Crippen molar-refractivity contribution in [2.75, 3.05) is 32.7 Å². The van der Waals surface area contributed by atoms with E-state index in [0.29, 0.717) is 6.10 Å². The van der Waals surface area contributed by atoms with Gasteiger partial charge in [0.2, 0.25) is 0 Å². The van der Waals surface area contributed by atoms with Crippen molar-refractivity contribution in [2.45, 2.75) is 19.4 Å². The van der Waals surface area contributed by atoms with Crippen LogP contribution in [0.15, 0.2) is 18.2 Å². The monoisotopic (exact) mass is 232 g/mol. The molecular weight excluding hydrogens is 212 g/mol. The fraction of sp³-hybridized carbons (Fsp3) is 0.571. The molecule has 1 aromatic rings. The Hall–Kier alpha value is -1.06. The second-order valence-corrected chi connectivity index (χ2v) is 5.11. The molecule has 1 N–H and O–H groups in total. The standard InChI is InChI=1S/C14H20N2O/c1-11-2-3-12-9-13(17-14(12)8-11)10-16-6-4-15-5-7-16/h2-3,8,13,15H,4-7,9-10H2,1H3. The Labute approximate surface area is 103 Å². The van der Waals surface area contributed by atoms with Crippen LogP contribution in [0.1, 0.15) is 11.1 Å². The second-order valence-electron chi connectivity index (χ2n) is 5.11. The molecular formula is C14H20N2O. The molecule has 92 valence electrons. The van der Waals surface area contributed by atoms with Crippen molar-refractivity contribution < 1.29 is 4.74 Å². The molecule has 0 aromatic heterocycles. The van der Waals surface area contributed by atoms with Gasteiger partial charge in [-0.15, -0.1) is 0 Å². The smallest absolute Gasteiger partial charge is 0.123 e. The van der Waals surface area contributed by atoms with E-state index in [0.717, 1.165) is 44.9 Å². The van der Waals surface area contributed by atoms with Gasteiger partial charge in [0.15, 0.2) is 0 Å². The maximum Gasteiger partial charge on any atom is 0.123 e. The van der Waals surface area contributed by atoms with Crippen LogP contribution in [0.5, 0.6) is 5.75 Å². The molecule has 1 aromatic carbocycles. The lowest BCUT2D eigenvalue weighted by molar-refractivity contribution is 0.139. The fourth-order valence-corrected chi connectivity index (χ4v) is 2.69. The van der Waals surface area contributed by atoms with Crippen molar-refractivity contribution in [3.63, 3.8) is 0 Å². The van der Waals surface area contributed by atoms with Crippen molar-refractivity contribution in [1.82, 2.24) is 10.2 Å². The van der Waals surface area contributed by atoms with Crippen molar-refractivity contribution in [1.29, 1.82) is 0 Å². The summed E-state index contributed by atoms with van der Waals surface area (Å²) >= 11 is 0. The number of nitrogens with one attached hydrogen (secondary N) is 1. The van der Waals surface area contributed by atoms with Crippen LogP contribution < -0.4 is 10.1 Å². The molecule has 3 heteroatoms. The Morgan fingerprint density at radius 1 is 1.35 bits per heavy atom.